The second kappa shape index (κ2) is 5.98. The van der Waals surface area contributed by atoms with Gasteiger partial charge in [0.2, 0.25) is 0 Å². The maximum Gasteiger partial charge on any atom is 0.320 e. The SMILES string of the molecule is CCCC(NC1CCCOC1)C(=O)O. The van der Waals surface area contributed by atoms with E-state index in [-0.39, 0.29) is 6.04 Å². The van der Waals surface area contributed by atoms with Crippen molar-refractivity contribution in [3.05, 3.63) is 0 Å². The smallest absolute Gasteiger partial charge is 0.320 e. The molecule has 1 heterocycles. The number of hydrogen-bond donors (Lipinski definition) is 2. The van der Waals surface area contributed by atoms with Gasteiger partial charge in [-0.1, -0.05) is 13.3 Å². The van der Waals surface area contributed by atoms with Crippen molar-refractivity contribution in [3.63, 3.8) is 0 Å². The predicted octanol–water partition coefficient (Wildman–Crippen LogP) is 1.01. The van der Waals surface area contributed by atoms with Gasteiger partial charge in [0.05, 0.1) is 6.61 Å². The third kappa shape index (κ3) is 3.64. The van der Waals surface area contributed by atoms with Crippen molar-refractivity contribution >= 4 is 5.97 Å². The van der Waals surface area contributed by atoms with Crippen LogP contribution in [0.25, 0.3) is 0 Å². The van der Waals surface area contributed by atoms with Crippen LogP contribution < -0.4 is 5.32 Å². The Hall–Kier alpha value is -0.610. The molecule has 1 rings (SSSR count). The summed E-state index contributed by atoms with van der Waals surface area (Å²) in [6.45, 7) is 3.45. The average Bonchev–Trinajstić information content (AvgIpc) is 2.18. The highest BCUT2D eigenvalue weighted by atomic mass is 16.5. The van der Waals surface area contributed by atoms with E-state index in [1.165, 1.54) is 0 Å². The third-order valence-electron chi connectivity index (χ3n) is 2.47. The average molecular weight is 201 g/mol. The Morgan fingerprint density at radius 1 is 1.71 bits per heavy atom. The largest absolute Gasteiger partial charge is 0.480 e. The van der Waals surface area contributed by atoms with Crippen LogP contribution in [0.15, 0.2) is 0 Å². The Morgan fingerprint density at radius 3 is 3.00 bits per heavy atom. The first-order chi connectivity index (χ1) is 6.74. The van der Waals surface area contributed by atoms with Crippen LogP contribution in [-0.2, 0) is 9.53 Å². The first-order valence-corrected chi connectivity index (χ1v) is 5.30. The molecule has 0 amide bonds. The second-order valence-corrected chi connectivity index (χ2v) is 3.76. The normalized spacial score (nSPS) is 24.5. The summed E-state index contributed by atoms with van der Waals surface area (Å²) in [7, 11) is 0. The molecule has 82 valence electrons. The van der Waals surface area contributed by atoms with E-state index in [9.17, 15) is 4.79 Å². The zero-order valence-corrected chi connectivity index (χ0v) is 8.66. The molecule has 0 bridgehead atoms. The Labute approximate surface area is 84.6 Å². The molecule has 2 atom stereocenters. The summed E-state index contributed by atoms with van der Waals surface area (Å²) in [5.74, 6) is -0.752. The van der Waals surface area contributed by atoms with Crippen molar-refractivity contribution in [2.75, 3.05) is 13.2 Å². The zero-order chi connectivity index (χ0) is 10.4. The molecule has 4 heteroatoms. The summed E-state index contributed by atoms with van der Waals surface area (Å²) in [5.41, 5.74) is 0. The molecule has 0 radical (unpaired) electrons. The standard InChI is InChI=1S/C10H19NO3/c1-2-4-9(10(12)13)11-8-5-3-6-14-7-8/h8-9,11H,2-7H2,1H3,(H,12,13). The zero-order valence-electron chi connectivity index (χ0n) is 8.66. The van der Waals surface area contributed by atoms with E-state index in [0.29, 0.717) is 13.0 Å². The highest BCUT2D eigenvalue weighted by molar-refractivity contribution is 5.73. The van der Waals surface area contributed by atoms with Crippen molar-refractivity contribution in [2.45, 2.75) is 44.7 Å². The molecule has 2 N–H and O–H groups in total. The minimum absolute atomic E-state index is 0.219. The van der Waals surface area contributed by atoms with Crippen molar-refractivity contribution in [2.24, 2.45) is 0 Å². The summed E-state index contributed by atoms with van der Waals surface area (Å²) < 4.78 is 5.29. The van der Waals surface area contributed by atoms with Gasteiger partial charge in [0.15, 0.2) is 0 Å². The van der Waals surface area contributed by atoms with Crippen molar-refractivity contribution in [3.8, 4) is 0 Å². The van der Waals surface area contributed by atoms with Crippen LogP contribution in [0.1, 0.15) is 32.6 Å². The van der Waals surface area contributed by atoms with Gasteiger partial charge in [0.25, 0.3) is 0 Å². The number of rotatable bonds is 5. The number of ether oxygens (including phenoxy) is 1. The molecule has 0 aromatic rings. The molecule has 14 heavy (non-hydrogen) atoms. The topological polar surface area (TPSA) is 58.6 Å². The Kier molecular flexibility index (Phi) is 4.90. The number of nitrogens with one attached hydrogen (secondary N) is 1. The number of carbonyl (C=O) groups is 1. The Morgan fingerprint density at radius 2 is 2.50 bits per heavy atom. The molecule has 0 aromatic carbocycles. The van der Waals surface area contributed by atoms with Gasteiger partial charge in [-0.3, -0.25) is 10.1 Å². The van der Waals surface area contributed by atoms with E-state index in [1.54, 1.807) is 0 Å². The van der Waals surface area contributed by atoms with Gasteiger partial charge in [-0.2, -0.15) is 0 Å². The highest BCUT2D eigenvalue weighted by Crippen LogP contribution is 2.08. The van der Waals surface area contributed by atoms with E-state index < -0.39 is 12.0 Å². The lowest BCUT2D eigenvalue weighted by atomic mass is 10.1. The third-order valence-corrected chi connectivity index (χ3v) is 2.47. The van der Waals surface area contributed by atoms with Crippen LogP contribution in [0, 0.1) is 0 Å². The van der Waals surface area contributed by atoms with Gasteiger partial charge in [0.1, 0.15) is 6.04 Å². The van der Waals surface area contributed by atoms with Gasteiger partial charge in [-0.05, 0) is 19.3 Å². The molecule has 1 aliphatic heterocycles. The number of carboxylic acids is 1. The quantitative estimate of drug-likeness (QED) is 0.697. The van der Waals surface area contributed by atoms with Gasteiger partial charge < -0.3 is 9.84 Å². The van der Waals surface area contributed by atoms with Gasteiger partial charge in [-0.25, -0.2) is 0 Å². The second-order valence-electron chi connectivity index (χ2n) is 3.76. The highest BCUT2D eigenvalue weighted by Gasteiger charge is 2.22. The van der Waals surface area contributed by atoms with E-state index >= 15 is 0 Å². The molecule has 0 saturated carbocycles. The Balaban J connectivity index is 2.33. The summed E-state index contributed by atoms with van der Waals surface area (Å²) in [6.07, 6.45) is 3.62. The fraction of sp³-hybridized carbons (Fsp3) is 0.900. The van der Waals surface area contributed by atoms with Crippen LogP contribution >= 0.6 is 0 Å². The van der Waals surface area contributed by atoms with Crippen molar-refractivity contribution in [1.82, 2.24) is 5.32 Å². The summed E-state index contributed by atoms with van der Waals surface area (Å²) in [5, 5.41) is 12.1. The molecule has 1 fully saturated rings. The lowest BCUT2D eigenvalue weighted by Gasteiger charge is -2.26. The lowest BCUT2D eigenvalue weighted by Crippen LogP contribution is -2.46. The van der Waals surface area contributed by atoms with Crippen LogP contribution in [0.3, 0.4) is 0 Å². The van der Waals surface area contributed by atoms with E-state index in [4.69, 9.17) is 9.84 Å². The van der Waals surface area contributed by atoms with Gasteiger partial charge in [-0.15, -0.1) is 0 Å². The predicted molar refractivity (Wildman–Crippen MR) is 53.3 cm³/mol. The summed E-state index contributed by atoms with van der Waals surface area (Å²) >= 11 is 0. The summed E-state index contributed by atoms with van der Waals surface area (Å²) in [6, 6.07) is -0.192. The molecule has 0 aliphatic carbocycles. The molecule has 4 nitrogen and oxygen atoms in total. The van der Waals surface area contributed by atoms with E-state index in [1.807, 2.05) is 6.92 Å². The van der Waals surface area contributed by atoms with Crippen LogP contribution in [0.4, 0.5) is 0 Å². The number of aliphatic carboxylic acids is 1. The molecule has 0 spiro atoms. The lowest BCUT2D eigenvalue weighted by molar-refractivity contribution is -0.140. The van der Waals surface area contributed by atoms with Crippen LogP contribution in [-0.4, -0.2) is 36.4 Å². The first kappa shape index (κ1) is 11.5. The monoisotopic (exact) mass is 201 g/mol. The molecule has 1 aliphatic rings. The maximum atomic E-state index is 10.9. The van der Waals surface area contributed by atoms with E-state index in [0.717, 1.165) is 25.9 Å². The first-order valence-electron chi connectivity index (χ1n) is 5.30. The fourth-order valence-corrected chi connectivity index (χ4v) is 1.72. The fourth-order valence-electron chi connectivity index (χ4n) is 1.72. The van der Waals surface area contributed by atoms with E-state index in [2.05, 4.69) is 5.32 Å². The molecular weight excluding hydrogens is 182 g/mol. The van der Waals surface area contributed by atoms with Crippen molar-refractivity contribution in [1.29, 1.82) is 0 Å². The van der Waals surface area contributed by atoms with Crippen LogP contribution in [0.2, 0.25) is 0 Å². The maximum absolute atomic E-state index is 10.9. The van der Waals surface area contributed by atoms with Gasteiger partial charge >= 0.3 is 5.97 Å². The molecular formula is C10H19NO3. The minimum Gasteiger partial charge on any atom is -0.480 e. The number of carboxylic acid groups (broad SMARTS) is 1. The van der Waals surface area contributed by atoms with Crippen molar-refractivity contribution < 1.29 is 14.6 Å². The molecule has 0 aromatic heterocycles. The summed E-state index contributed by atoms with van der Waals surface area (Å²) in [4.78, 5) is 10.9. The minimum atomic E-state index is -0.752. The molecule has 2 unspecified atom stereocenters. The van der Waals surface area contributed by atoms with Crippen LogP contribution in [0.5, 0.6) is 0 Å². The Bertz CT molecular complexity index is 178. The van der Waals surface area contributed by atoms with Gasteiger partial charge in [0, 0.05) is 12.6 Å². The number of hydrogen-bond acceptors (Lipinski definition) is 3. The molecule has 1 saturated heterocycles.